The Balaban J connectivity index is 2.03. The van der Waals surface area contributed by atoms with Gasteiger partial charge in [0.25, 0.3) is 0 Å². The number of carbonyl (C=O) groups is 2. The highest BCUT2D eigenvalue weighted by atomic mass is 32.2. The summed E-state index contributed by atoms with van der Waals surface area (Å²) >= 11 is 2.18. The number of aromatic hydroxyl groups is 1. The molecule has 1 N–H and O–H groups in total. The van der Waals surface area contributed by atoms with E-state index < -0.39 is 11.9 Å². The lowest BCUT2D eigenvalue weighted by Crippen LogP contribution is -2.08. The fourth-order valence-electron chi connectivity index (χ4n) is 2.73. The lowest BCUT2D eigenvalue weighted by atomic mass is 10.2. The molecule has 140 valence electrons. The molecule has 0 fully saturated rings. The summed E-state index contributed by atoms with van der Waals surface area (Å²) in [7, 11) is 2.51. The average molecular weight is 403 g/mol. The van der Waals surface area contributed by atoms with E-state index in [-0.39, 0.29) is 15.6 Å². The number of methoxy groups -OCH3 is 2. The summed E-state index contributed by atoms with van der Waals surface area (Å²) in [6.45, 7) is 2.66. The van der Waals surface area contributed by atoms with Crippen molar-refractivity contribution in [1.82, 2.24) is 4.57 Å². The third-order valence-electron chi connectivity index (χ3n) is 3.96. The van der Waals surface area contributed by atoms with Crippen LogP contribution in [0.15, 0.2) is 44.0 Å². The lowest BCUT2D eigenvalue weighted by molar-refractivity contribution is -0.138. The van der Waals surface area contributed by atoms with Crippen molar-refractivity contribution in [2.24, 2.45) is 0 Å². The predicted molar refractivity (Wildman–Crippen MR) is 107 cm³/mol. The van der Waals surface area contributed by atoms with E-state index in [0.29, 0.717) is 16.5 Å². The quantitative estimate of drug-likeness (QED) is 0.613. The maximum Gasteiger partial charge on any atom is 0.346 e. The topological polar surface area (TPSA) is 77.8 Å². The number of hydrogen-bond acceptors (Lipinski definition) is 7. The van der Waals surface area contributed by atoms with E-state index in [9.17, 15) is 14.7 Å². The second-order valence-electron chi connectivity index (χ2n) is 5.42. The summed E-state index contributed by atoms with van der Waals surface area (Å²) in [5, 5.41) is 11.3. The third-order valence-corrected chi connectivity index (χ3v) is 6.35. The maximum absolute atomic E-state index is 11.9. The molecular formula is C19H17NO5S2. The Morgan fingerprint density at radius 1 is 1.15 bits per heavy atom. The van der Waals surface area contributed by atoms with Crippen molar-refractivity contribution in [3.05, 3.63) is 49.7 Å². The van der Waals surface area contributed by atoms with Gasteiger partial charge >= 0.3 is 11.9 Å². The van der Waals surface area contributed by atoms with Crippen LogP contribution in [-0.2, 0) is 25.6 Å². The summed E-state index contributed by atoms with van der Waals surface area (Å²) in [5.41, 5.74) is 4.60. The molecule has 2 heterocycles. The van der Waals surface area contributed by atoms with Crippen LogP contribution in [-0.4, -0.2) is 35.8 Å². The van der Waals surface area contributed by atoms with Gasteiger partial charge in [-0.2, -0.15) is 0 Å². The van der Waals surface area contributed by atoms with E-state index in [0.717, 1.165) is 34.4 Å². The molecule has 0 saturated heterocycles. The number of aryl methyl sites for hydroxylation is 1. The van der Waals surface area contributed by atoms with Crippen molar-refractivity contribution in [2.45, 2.75) is 13.5 Å². The zero-order valence-corrected chi connectivity index (χ0v) is 16.6. The third kappa shape index (κ3) is 3.51. The molecular weight excluding hydrogens is 386 g/mol. The SMILES string of the molecule is CCn1c(C=C=C2SC(C(=O)OC)=C(C(=O)OC)S2)c(O)c2ccccc21. The predicted octanol–water partition coefficient (Wildman–Crippen LogP) is 3.86. The van der Waals surface area contributed by atoms with Gasteiger partial charge in [-0.25, -0.2) is 9.59 Å². The fraction of sp³-hybridized carbons (Fsp3) is 0.211. The molecule has 1 aliphatic rings. The number of carbonyl (C=O) groups excluding carboxylic acids is 2. The van der Waals surface area contributed by atoms with Crippen molar-refractivity contribution in [1.29, 1.82) is 0 Å². The number of ether oxygens (including phenoxy) is 2. The summed E-state index contributed by atoms with van der Waals surface area (Å²) in [4.78, 5) is 24.2. The van der Waals surface area contributed by atoms with Gasteiger partial charge in [-0.3, -0.25) is 0 Å². The monoisotopic (exact) mass is 403 g/mol. The molecule has 6 nitrogen and oxygen atoms in total. The number of esters is 2. The molecule has 1 aliphatic heterocycles. The molecule has 0 amide bonds. The first-order valence-electron chi connectivity index (χ1n) is 8.05. The minimum atomic E-state index is -0.602. The Kier molecular flexibility index (Phi) is 5.70. The summed E-state index contributed by atoms with van der Waals surface area (Å²) < 4.78 is 12.0. The van der Waals surface area contributed by atoms with E-state index in [1.807, 2.05) is 35.8 Å². The van der Waals surface area contributed by atoms with Crippen LogP contribution in [0.1, 0.15) is 12.6 Å². The van der Waals surface area contributed by atoms with Crippen LogP contribution in [0.3, 0.4) is 0 Å². The Labute approximate surface area is 164 Å². The first kappa shape index (κ1) is 19.2. The van der Waals surface area contributed by atoms with E-state index in [4.69, 9.17) is 9.47 Å². The molecule has 3 rings (SSSR count). The molecule has 2 aromatic rings. The van der Waals surface area contributed by atoms with Crippen molar-refractivity contribution in [3.8, 4) is 5.75 Å². The molecule has 0 spiro atoms. The highest BCUT2D eigenvalue weighted by molar-refractivity contribution is 8.29. The Bertz CT molecular complexity index is 998. The summed E-state index contributed by atoms with van der Waals surface area (Å²) in [5.74, 6) is -1.03. The molecule has 8 heteroatoms. The molecule has 0 atom stereocenters. The number of thioether (sulfide) groups is 2. The van der Waals surface area contributed by atoms with Gasteiger partial charge in [0.1, 0.15) is 15.6 Å². The van der Waals surface area contributed by atoms with Crippen LogP contribution in [0, 0.1) is 0 Å². The van der Waals surface area contributed by atoms with Crippen molar-refractivity contribution >= 4 is 52.4 Å². The number of aromatic nitrogens is 1. The zero-order valence-electron chi connectivity index (χ0n) is 14.9. The van der Waals surface area contributed by atoms with Gasteiger partial charge in [0, 0.05) is 18.0 Å². The fourth-order valence-corrected chi connectivity index (χ4v) is 4.94. The van der Waals surface area contributed by atoms with Crippen molar-refractivity contribution in [2.75, 3.05) is 14.2 Å². The number of benzene rings is 1. The Morgan fingerprint density at radius 3 is 2.30 bits per heavy atom. The van der Waals surface area contributed by atoms with Crippen LogP contribution in [0.25, 0.3) is 17.0 Å². The van der Waals surface area contributed by atoms with Crippen LogP contribution in [0.5, 0.6) is 5.75 Å². The average Bonchev–Trinajstić information content (AvgIpc) is 3.24. The largest absolute Gasteiger partial charge is 0.505 e. The molecule has 0 unspecified atom stereocenters. The van der Waals surface area contributed by atoms with Gasteiger partial charge in [-0.1, -0.05) is 41.4 Å². The number of fused-ring (bicyclic) bond motifs is 1. The van der Waals surface area contributed by atoms with Crippen LogP contribution < -0.4 is 0 Å². The molecule has 0 radical (unpaired) electrons. The normalized spacial score (nSPS) is 13.7. The number of nitrogens with zero attached hydrogens (tertiary/aromatic N) is 1. The first-order chi connectivity index (χ1) is 13.0. The highest BCUT2D eigenvalue weighted by Crippen LogP contribution is 2.49. The van der Waals surface area contributed by atoms with Gasteiger partial charge in [0.2, 0.25) is 0 Å². The van der Waals surface area contributed by atoms with E-state index >= 15 is 0 Å². The lowest BCUT2D eigenvalue weighted by Gasteiger charge is -2.03. The van der Waals surface area contributed by atoms with Gasteiger partial charge in [0.05, 0.1) is 29.7 Å². The smallest absolute Gasteiger partial charge is 0.346 e. The summed E-state index contributed by atoms with van der Waals surface area (Å²) in [6.07, 6.45) is 1.66. The van der Waals surface area contributed by atoms with E-state index in [1.54, 1.807) is 6.08 Å². The summed E-state index contributed by atoms with van der Waals surface area (Å²) in [6, 6.07) is 7.57. The Hall–Kier alpha value is -2.54. The second kappa shape index (κ2) is 8.00. The van der Waals surface area contributed by atoms with Crippen LogP contribution in [0.4, 0.5) is 0 Å². The number of para-hydroxylation sites is 1. The van der Waals surface area contributed by atoms with Crippen LogP contribution in [0.2, 0.25) is 0 Å². The van der Waals surface area contributed by atoms with Gasteiger partial charge < -0.3 is 19.1 Å². The van der Waals surface area contributed by atoms with E-state index in [2.05, 4.69) is 5.73 Å². The van der Waals surface area contributed by atoms with Crippen molar-refractivity contribution < 1.29 is 24.2 Å². The van der Waals surface area contributed by atoms with Gasteiger partial charge in [-0.05, 0) is 19.1 Å². The molecule has 0 aliphatic carbocycles. The molecule has 1 aromatic heterocycles. The number of rotatable bonds is 4. The van der Waals surface area contributed by atoms with E-state index in [1.165, 1.54) is 14.2 Å². The standard InChI is InChI=1S/C19H17NO5S2/c1-4-20-12-8-6-5-7-11(12)15(21)13(20)9-10-14-26-16(18(22)24-2)17(27-14)19(23)25-3/h5-9,21H,4H2,1-3H3. The molecule has 1 aromatic carbocycles. The first-order valence-corrected chi connectivity index (χ1v) is 9.68. The minimum absolute atomic E-state index is 0.169. The second-order valence-corrected chi connectivity index (χ2v) is 7.72. The van der Waals surface area contributed by atoms with Crippen LogP contribution >= 0.6 is 23.5 Å². The molecule has 0 bridgehead atoms. The van der Waals surface area contributed by atoms with Gasteiger partial charge in [0.15, 0.2) is 0 Å². The Morgan fingerprint density at radius 2 is 1.74 bits per heavy atom. The maximum atomic E-state index is 11.9. The number of hydrogen-bond donors (Lipinski definition) is 1. The van der Waals surface area contributed by atoms with Gasteiger partial charge in [-0.15, -0.1) is 0 Å². The van der Waals surface area contributed by atoms with Crippen molar-refractivity contribution in [3.63, 3.8) is 0 Å². The zero-order chi connectivity index (χ0) is 19.6. The minimum Gasteiger partial charge on any atom is -0.505 e. The molecule has 0 saturated carbocycles. The molecule has 27 heavy (non-hydrogen) atoms. The highest BCUT2D eigenvalue weighted by Gasteiger charge is 2.32.